The first-order chi connectivity index (χ1) is 9.74. The highest BCUT2D eigenvalue weighted by atomic mass is 127. The van der Waals surface area contributed by atoms with Crippen LogP contribution in [0.2, 0.25) is 0 Å². The molecule has 0 saturated carbocycles. The van der Waals surface area contributed by atoms with Crippen molar-refractivity contribution in [3.8, 4) is 0 Å². The number of aliphatic imine (C=N–C) groups is 1. The van der Waals surface area contributed by atoms with Crippen LogP contribution in [0.4, 0.5) is 0 Å². The second-order valence-corrected chi connectivity index (χ2v) is 4.85. The van der Waals surface area contributed by atoms with Gasteiger partial charge in [-0.25, -0.2) is 4.99 Å². The Hall–Kier alpha value is -1.42. The van der Waals surface area contributed by atoms with Gasteiger partial charge in [0.05, 0.1) is 12.7 Å². The van der Waals surface area contributed by atoms with Crippen molar-refractivity contribution in [1.29, 1.82) is 0 Å². The van der Waals surface area contributed by atoms with Gasteiger partial charge < -0.3 is 15.4 Å². The van der Waals surface area contributed by atoms with E-state index >= 15 is 0 Å². The quantitative estimate of drug-likeness (QED) is 0.459. The molecule has 1 unspecified atom stereocenters. The highest BCUT2D eigenvalue weighted by Crippen LogP contribution is 2.06. The van der Waals surface area contributed by atoms with Crippen molar-refractivity contribution >= 4 is 35.6 Å². The molecule has 2 N–H and O–H groups in total. The molecule has 2 aromatic heterocycles. The van der Waals surface area contributed by atoms with Crippen molar-refractivity contribution in [3.05, 3.63) is 30.2 Å². The molecule has 8 heteroatoms. The molecule has 0 amide bonds. The Labute approximate surface area is 140 Å². The van der Waals surface area contributed by atoms with E-state index in [0.717, 1.165) is 24.6 Å². The third kappa shape index (κ3) is 3.62. The lowest BCUT2D eigenvalue weighted by Gasteiger charge is -2.31. The molecule has 0 bridgehead atoms. The molecule has 1 atom stereocenters. The maximum Gasteiger partial charge on any atom is 0.191 e. The van der Waals surface area contributed by atoms with Gasteiger partial charge in [-0.2, -0.15) is 0 Å². The Morgan fingerprint density at radius 2 is 2.33 bits per heavy atom. The zero-order valence-electron chi connectivity index (χ0n) is 11.8. The van der Waals surface area contributed by atoms with E-state index in [1.54, 1.807) is 0 Å². The summed E-state index contributed by atoms with van der Waals surface area (Å²) in [6, 6.07) is 5.78. The standard InChI is InChI=1S/C13H18N6O.HI/c1-10-9-18(6-7-20-10)13(14)15-8-12-17-16-11-4-2-3-5-19(11)12;/h2-5,10H,6-9H2,1H3,(H2,14,15);1H. The molecule has 1 saturated heterocycles. The van der Waals surface area contributed by atoms with E-state index < -0.39 is 0 Å². The van der Waals surface area contributed by atoms with E-state index in [9.17, 15) is 0 Å². The van der Waals surface area contributed by atoms with Crippen molar-refractivity contribution in [1.82, 2.24) is 19.5 Å². The Balaban J connectivity index is 0.00000161. The summed E-state index contributed by atoms with van der Waals surface area (Å²) in [5, 5.41) is 8.22. The molecule has 114 valence electrons. The molecule has 3 rings (SSSR count). The second-order valence-electron chi connectivity index (χ2n) is 4.85. The highest BCUT2D eigenvalue weighted by molar-refractivity contribution is 14.0. The van der Waals surface area contributed by atoms with Gasteiger partial charge in [0, 0.05) is 19.3 Å². The molecular weight excluding hydrogens is 383 g/mol. The third-order valence-corrected chi connectivity index (χ3v) is 3.33. The topological polar surface area (TPSA) is 81.0 Å². The summed E-state index contributed by atoms with van der Waals surface area (Å²) in [5.41, 5.74) is 6.85. The van der Waals surface area contributed by atoms with Gasteiger partial charge in [-0.15, -0.1) is 34.2 Å². The lowest BCUT2D eigenvalue weighted by atomic mass is 10.3. The molecule has 0 spiro atoms. The van der Waals surface area contributed by atoms with Crippen molar-refractivity contribution in [2.45, 2.75) is 19.6 Å². The van der Waals surface area contributed by atoms with Crippen LogP contribution >= 0.6 is 24.0 Å². The minimum absolute atomic E-state index is 0. The van der Waals surface area contributed by atoms with Crippen molar-refractivity contribution in [2.75, 3.05) is 19.7 Å². The maximum atomic E-state index is 6.03. The normalized spacial score (nSPS) is 19.6. The number of guanidine groups is 1. The van der Waals surface area contributed by atoms with Crippen LogP contribution in [0.25, 0.3) is 5.65 Å². The average molecular weight is 402 g/mol. The van der Waals surface area contributed by atoms with E-state index in [1.165, 1.54) is 0 Å². The number of rotatable bonds is 2. The van der Waals surface area contributed by atoms with Gasteiger partial charge in [0.25, 0.3) is 0 Å². The number of halogens is 1. The van der Waals surface area contributed by atoms with Gasteiger partial charge in [0.1, 0.15) is 6.54 Å². The number of nitrogens with two attached hydrogens (primary N) is 1. The van der Waals surface area contributed by atoms with Gasteiger partial charge in [-0.1, -0.05) is 6.07 Å². The van der Waals surface area contributed by atoms with E-state index in [2.05, 4.69) is 15.2 Å². The SMILES string of the molecule is CC1CN(C(N)=NCc2nnc3ccccn23)CCO1.I. The number of aromatic nitrogens is 3. The van der Waals surface area contributed by atoms with Crippen molar-refractivity contribution in [2.24, 2.45) is 10.7 Å². The Bertz CT molecular complexity index is 628. The van der Waals surface area contributed by atoms with Crippen LogP contribution in [-0.2, 0) is 11.3 Å². The fraction of sp³-hybridized carbons (Fsp3) is 0.462. The van der Waals surface area contributed by atoms with Gasteiger partial charge in [-0.05, 0) is 19.1 Å². The first-order valence-electron chi connectivity index (χ1n) is 6.69. The van der Waals surface area contributed by atoms with Crippen LogP contribution in [0.15, 0.2) is 29.4 Å². The monoisotopic (exact) mass is 402 g/mol. The number of morpholine rings is 1. The van der Waals surface area contributed by atoms with Crippen LogP contribution < -0.4 is 5.73 Å². The Kier molecular flexibility index (Phi) is 5.34. The van der Waals surface area contributed by atoms with Crippen LogP contribution in [-0.4, -0.2) is 51.3 Å². The molecule has 7 nitrogen and oxygen atoms in total. The predicted octanol–water partition coefficient (Wildman–Crippen LogP) is 0.883. The molecule has 0 aliphatic carbocycles. The summed E-state index contributed by atoms with van der Waals surface area (Å²) in [5.74, 6) is 1.32. The summed E-state index contributed by atoms with van der Waals surface area (Å²) in [6.07, 6.45) is 2.11. The molecule has 1 aliphatic heterocycles. The minimum Gasteiger partial charge on any atom is -0.375 e. The summed E-state index contributed by atoms with van der Waals surface area (Å²) >= 11 is 0. The maximum absolute atomic E-state index is 6.03. The van der Waals surface area contributed by atoms with E-state index in [0.29, 0.717) is 19.1 Å². The van der Waals surface area contributed by atoms with E-state index in [4.69, 9.17) is 10.5 Å². The molecule has 21 heavy (non-hydrogen) atoms. The van der Waals surface area contributed by atoms with Crippen molar-refractivity contribution in [3.63, 3.8) is 0 Å². The number of hydrogen-bond acceptors (Lipinski definition) is 4. The smallest absolute Gasteiger partial charge is 0.191 e. The summed E-state index contributed by atoms with van der Waals surface area (Å²) in [7, 11) is 0. The summed E-state index contributed by atoms with van der Waals surface area (Å²) < 4.78 is 7.40. The Morgan fingerprint density at radius 1 is 1.48 bits per heavy atom. The molecule has 1 aliphatic rings. The molecule has 2 aromatic rings. The summed E-state index contributed by atoms with van der Waals surface area (Å²) in [4.78, 5) is 6.46. The zero-order chi connectivity index (χ0) is 13.9. The highest BCUT2D eigenvalue weighted by Gasteiger charge is 2.18. The molecular formula is C13H19IN6O. The van der Waals surface area contributed by atoms with Crippen LogP contribution in [0, 0.1) is 0 Å². The first kappa shape index (κ1) is 16.0. The van der Waals surface area contributed by atoms with Gasteiger partial charge in [-0.3, -0.25) is 4.40 Å². The summed E-state index contributed by atoms with van der Waals surface area (Å²) in [6.45, 7) is 4.69. The average Bonchev–Trinajstić information content (AvgIpc) is 2.88. The van der Waals surface area contributed by atoms with Crippen LogP contribution in [0.1, 0.15) is 12.7 Å². The van der Waals surface area contributed by atoms with Crippen LogP contribution in [0.5, 0.6) is 0 Å². The number of pyridine rings is 1. The number of fused-ring (bicyclic) bond motifs is 1. The molecule has 3 heterocycles. The van der Waals surface area contributed by atoms with Crippen LogP contribution in [0.3, 0.4) is 0 Å². The number of nitrogens with zero attached hydrogens (tertiary/aromatic N) is 5. The van der Waals surface area contributed by atoms with Crippen molar-refractivity contribution < 1.29 is 4.74 Å². The first-order valence-corrected chi connectivity index (χ1v) is 6.69. The number of hydrogen-bond donors (Lipinski definition) is 1. The fourth-order valence-electron chi connectivity index (χ4n) is 2.28. The van der Waals surface area contributed by atoms with Gasteiger partial charge >= 0.3 is 0 Å². The lowest BCUT2D eigenvalue weighted by molar-refractivity contribution is 0.00528. The predicted molar refractivity (Wildman–Crippen MR) is 90.7 cm³/mol. The minimum atomic E-state index is 0. The van der Waals surface area contributed by atoms with Gasteiger partial charge in [0.2, 0.25) is 0 Å². The lowest BCUT2D eigenvalue weighted by Crippen LogP contribution is -2.47. The Morgan fingerprint density at radius 3 is 3.14 bits per heavy atom. The van der Waals surface area contributed by atoms with E-state index in [-0.39, 0.29) is 30.1 Å². The zero-order valence-corrected chi connectivity index (χ0v) is 14.2. The largest absolute Gasteiger partial charge is 0.375 e. The molecule has 0 radical (unpaired) electrons. The number of ether oxygens (including phenoxy) is 1. The third-order valence-electron chi connectivity index (χ3n) is 3.33. The molecule has 0 aromatic carbocycles. The van der Waals surface area contributed by atoms with Gasteiger partial charge in [0.15, 0.2) is 17.4 Å². The second kappa shape index (κ2) is 7.03. The fourth-order valence-corrected chi connectivity index (χ4v) is 2.28. The molecule has 1 fully saturated rings. The van der Waals surface area contributed by atoms with E-state index in [1.807, 2.05) is 40.6 Å².